The molecule has 0 aliphatic heterocycles. The van der Waals surface area contributed by atoms with Crippen LogP contribution >= 0.6 is 11.8 Å². The first-order valence-electron chi connectivity index (χ1n) is 9.66. The molecule has 152 valence electrons. The van der Waals surface area contributed by atoms with E-state index in [1.165, 1.54) is 29.5 Å². The lowest BCUT2D eigenvalue weighted by molar-refractivity contribution is -0.120. The molecule has 1 N–H and O–H groups in total. The molecule has 5 nitrogen and oxygen atoms in total. The van der Waals surface area contributed by atoms with Crippen molar-refractivity contribution >= 4 is 17.7 Å². The van der Waals surface area contributed by atoms with Crippen molar-refractivity contribution < 1.29 is 9.18 Å². The quantitative estimate of drug-likeness (QED) is 0.558. The zero-order valence-corrected chi connectivity index (χ0v) is 17.6. The van der Waals surface area contributed by atoms with Crippen LogP contribution in [0.3, 0.4) is 0 Å². The molecule has 1 heterocycles. The summed E-state index contributed by atoms with van der Waals surface area (Å²) in [5.74, 6) is 0.497. The van der Waals surface area contributed by atoms with E-state index >= 15 is 0 Å². The van der Waals surface area contributed by atoms with E-state index in [-0.39, 0.29) is 23.0 Å². The van der Waals surface area contributed by atoms with E-state index in [0.717, 1.165) is 23.1 Å². The minimum Gasteiger partial charge on any atom is -0.349 e. The van der Waals surface area contributed by atoms with Gasteiger partial charge in [-0.05, 0) is 44.0 Å². The Balaban J connectivity index is 1.64. The maximum atomic E-state index is 13.1. The molecule has 0 radical (unpaired) electrons. The molecule has 1 amide bonds. The van der Waals surface area contributed by atoms with Gasteiger partial charge in [-0.15, -0.1) is 10.2 Å². The van der Waals surface area contributed by atoms with Crippen LogP contribution in [-0.4, -0.2) is 25.9 Å². The van der Waals surface area contributed by atoms with Crippen molar-refractivity contribution in [2.24, 2.45) is 0 Å². The summed E-state index contributed by atoms with van der Waals surface area (Å²) in [7, 11) is 0. The zero-order valence-electron chi connectivity index (χ0n) is 16.8. The Bertz CT molecular complexity index is 943. The molecule has 0 aliphatic carbocycles. The third-order valence-electron chi connectivity index (χ3n) is 4.69. The van der Waals surface area contributed by atoms with Crippen LogP contribution in [0.4, 0.5) is 4.39 Å². The van der Waals surface area contributed by atoms with Crippen molar-refractivity contribution in [3.05, 3.63) is 77.4 Å². The van der Waals surface area contributed by atoms with Crippen LogP contribution in [0.25, 0.3) is 0 Å². The van der Waals surface area contributed by atoms with Gasteiger partial charge in [0.15, 0.2) is 5.16 Å². The summed E-state index contributed by atoms with van der Waals surface area (Å²) in [5, 5.41) is 12.0. The van der Waals surface area contributed by atoms with E-state index in [1.807, 2.05) is 43.5 Å². The second-order valence-corrected chi connectivity index (χ2v) is 8.16. The van der Waals surface area contributed by atoms with Gasteiger partial charge < -0.3 is 9.88 Å². The number of halogens is 1. The first-order chi connectivity index (χ1) is 14.0. The van der Waals surface area contributed by atoms with Gasteiger partial charge in [-0.2, -0.15) is 0 Å². The summed E-state index contributed by atoms with van der Waals surface area (Å²) < 4.78 is 15.1. The molecule has 7 heteroatoms. The maximum Gasteiger partial charge on any atom is 0.233 e. The topological polar surface area (TPSA) is 59.8 Å². The molecule has 2 aromatic carbocycles. The zero-order chi connectivity index (χ0) is 20.8. The predicted molar refractivity (Wildman–Crippen MR) is 113 cm³/mol. The van der Waals surface area contributed by atoms with Gasteiger partial charge >= 0.3 is 0 Å². The minimum absolute atomic E-state index is 0.0953. The largest absolute Gasteiger partial charge is 0.349 e. The van der Waals surface area contributed by atoms with Crippen molar-refractivity contribution in [2.75, 3.05) is 0 Å². The Hall–Kier alpha value is -2.67. The van der Waals surface area contributed by atoms with Crippen LogP contribution in [0.1, 0.15) is 43.8 Å². The molecule has 2 atom stereocenters. The lowest BCUT2D eigenvalue weighted by atomic mass is 10.1. The number of nitrogens with zero attached hydrogens (tertiary/aromatic N) is 3. The van der Waals surface area contributed by atoms with E-state index in [4.69, 9.17) is 0 Å². The minimum atomic E-state index is -0.336. The second-order valence-electron chi connectivity index (χ2n) is 6.85. The molecule has 29 heavy (non-hydrogen) atoms. The first-order valence-corrected chi connectivity index (χ1v) is 10.5. The summed E-state index contributed by atoms with van der Waals surface area (Å²) >= 11 is 1.39. The fourth-order valence-electron chi connectivity index (χ4n) is 3.01. The average molecular weight is 413 g/mol. The van der Waals surface area contributed by atoms with Crippen LogP contribution < -0.4 is 5.32 Å². The van der Waals surface area contributed by atoms with Gasteiger partial charge in [0.1, 0.15) is 11.6 Å². The van der Waals surface area contributed by atoms with Crippen molar-refractivity contribution in [1.82, 2.24) is 20.1 Å². The van der Waals surface area contributed by atoms with Gasteiger partial charge in [-0.1, -0.05) is 54.2 Å². The summed E-state index contributed by atoms with van der Waals surface area (Å²) in [6.45, 7) is 6.51. The normalized spacial score (nSPS) is 13.1. The summed E-state index contributed by atoms with van der Waals surface area (Å²) in [6.07, 6.45) is 0.699. The number of thioether (sulfide) groups is 1. The summed E-state index contributed by atoms with van der Waals surface area (Å²) in [5.41, 5.74) is 2.03. The van der Waals surface area contributed by atoms with Crippen molar-refractivity contribution in [1.29, 1.82) is 0 Å². The Labute approximate surface area is 174 Å². The van der Waals surface area contributed by atoms with Crippen LogP contribution in [0.5, 0.6) is 0 Å². The highest BCUT2D eigenvalue weighted by atomic mass is 32.2. The van der Waals surface area contributed by atoms with Gasteiger partial charge in [0.05, 0.1) is 11.3 Å². The third kappa shape index (κ3) is 5.44. The van der Waals surface area contributed by atoms with Gasteiger partial charge in [-0.25, -0.2) is 4.39 Å². The number of carbonyl (C=O) groups excluding carboxylic acids is 1. The first kappa shape index (κ1) is 21.0. The van der Waals surface area contributed by atoms with Crippen molar-refractivity contribution in [2.45, 2.75) is 50.2 Å². The Kier molecular flexibility index (Phi) is 7.04. The highest BCUT2D eigenvalue weighted by Crippen LogP contribution is 2.24. The van der Waals surface area contributed by atoms with E-state index in [9.17, 15) is 9.18 Å². The molecule has 3 aromatic rings. The van der Waals surface area contributed by atoms with Gasteiger partial charge in [0.25, 0.3) is 0 Å². The number of amides is 1. The van der Waals surface area contributed by atoms with Gasteiger partial charge in [-0.3, -0.25) is 4.79 Å². The molecule has 0 saturated carbocycles. The Morgan fingerprint density at radius 3 is 2.45 bits per heavy atom. The monoisotopic (exact) mass is 412 g/mol. The number of hydrogen-bond donors (Lipinski definition) is 1. The van der Waals surface area contributed by atoms with Crippen LogP contribution in [0.2, 0.25) is 0 Å². The highest BCUT2D eigenvalue weighted by Gasteiger charge is 2.21. The number of carbonyl (C=O) groups is 1. The Morgan fingerprint density at radius 1 is 1.10 bits per heavy atom. The molecule has 0 bridgehead atoms. The molecule has 0 aliphatic rings. The highest BCUT2D eigenvalue weighted by molar-refractivity contribution is 8.00. The number of hydrogen-bond acceptors (Lipinski definition) is 4. The fraction of sp³-hybridized carbons (Fsp3) is 0.318. The van der Waals surface area contributed by atoms with Crippen LogP contribution in [-0.2, 0) is 17.8 Å². The predicted octanol–water partition coefficient (Wildman–Crippen LogP) is 4.39. The molecular weight excluding hydrogens is 387 g/mol. The van der Waals surface area contributed by atoms with Gasteiger partial charge in [0, 0.05) is 13.0 Å². The van der Waals surface area contributed by atoms with Crippen LogP contribution in [0, 0.1) is 5.82 Å². The molecule has 3 rings (SSSR count). The smallest absolute Gasteiger partial charge is 0.233 e. The fourth-order valence-corrected chi connectivity index (χ4v) is 3.95. The van der Waals surface area contributed by atoms with Crippen LogP contribution in [0.15, 0.2) is 59.8 Å². The average Bonchev–Trinajstić information content (AvgIpc) is 3.10. The number of nitrogens with one attached hydrogen (secondary N) is 1. The maximum absolute atomic E-state index is 13.1. The number of aromatic nitrogens is 3. The van der Waals surface area contributed by atoms with Gasteiger partial charge in [0.2, 0.25) is 5.91 Å². The summed E-state index contributed by atoms with van der Waals surface area (Å²) in [4.78, 5) is 12.6. The lowest BCUT2D eigenvalue weighted by Crippen LogP contribution is -2.33. The van der Waals surface area contributed by atoms with E-state index < -0.39 is 0 Å². The SMILES string of the molecule is CCn1c(Cc2ccccc2)nnc1S[C@@H](C)C(=O)N[C@H](C)c1ccc(F)cc1. The third-order valence-corrected chi connectivity index (χ3v) is 5.78. The number of rotatable bonds is 8. The van der Waals surface area contributed by atoms with E-state index in [1.54, 1.807) is 12.1 Å². The van der Waals surface area contributed by atoms with Crippen molar-refractivity contribution in [3.8, 4) is 0 Å². The molecule has 0 spiro atoms. The molecule has 0 unspecified atom stereocenters. The summed E-state index contributed by atoms with van der Waals surface area (Å²) in [6, 6.07) is 16.1. The standard InChI is InChI=1S/C22H25FN4OS/c1-4-27-20(14-17-8-6-5-7-9-17)25-26-22(27)29-16(3)21(28)24-15(2)18-10-12-19(23)13-11-18/h5-13,15-16H,4,14H2,1-3H3,(H,24,28)/t15-,16+/m1/s1. The lowest BCUT2D eigenvalue weighted by Gasteiger charge is -2.18. The Morgan fingerprint density at radius 2 is 1.79 bits per heavy atom. The molecular formula is C22H25FN4OS. The second kappa shape index (κ2) is 9.69. The van der Waals surface area contributed by atoms with Crippen molar-refractivity contribution in [3.63, 3.8) is 0 Å². The van der Waals surface area contributed by atoms with E-state index in [2.05, 4.69) is 27.6 Å². The molecule has 0 fully saturated rings. The molecule has 1 aromatic heterocycles. The van der Waals surface area contributed by atoms with E-state index in [0.29, 0.717) is 6.42 Å². The number of benzene rings is 2. The molecule has 0 saturated heterocycles.